The topological polar surface area (TPSA) is 60.0 Å². The lowest BCUT2D eigenvalue weighted by Crippen LogP contribution is -2.14. The number of nitrogens with one attached hydrogen (secondary N) is 1. The molecule has 2 aromatic rings. The van der Waals surface area contributed by atoms with Gasteiger partial charge in [-0.3, -0.25) is 4.79 Å². The number of nitrogens with zero attached hydrogens (tertiary/aromatic N) is 1. The lowest BCUT2D eigenvalue weighted by Gasteiger charge is -2.17. The highest BCUT2D eigenvalue weighted by Gasteiger charge is 2.15. The molecule has 1 N–H and O–H groups in total. The van der Waals surface area contributed by atoms with E-state index in [0.29, 0.717) is 28.5 Å². The molecule has 0 saturated heterocycles. The molecule has 6 heteroatoms. The van der Waals surface area contributed by atoms with Crippen LogP contribution >= 0.6 is 0 Å². The quantitative estimate of drug-likeness (QED) is 0.871. The fourth-order valence-electron chi connectivity index (χ4n) is 2.65. The summed E-state index contributed by atoms with van der Waals surface area (Å²) >= 11 is 0. The van der Waals surface area contributed by atoms with Gasteiger partial charge < -0.3 is 24.4 Å². The van der Waals surface area contributed by atoms with Gasteiger partial charge in [0.25, 0.3) is 5.91 Å². The van der Waals surface area contributed by atoms with Crippen molar-refractivity contribution in [2.75, 3.05) is 45.6 Å². The average molecular weight is 344 g/mol. The minimum atomic E-state index is -0.206. The highest BCUT2D eigenvalue weighted by atomic mass is 16.5. The van der Waals surface area contributed by atoms with Crippen LogP contribution in [0, 0.1) is 6.92 Å². The predicted octanol–water partition coefficient (Wildman–Crippen LogP) is 3.34. The molecule has 6 nitrogen and oxygen atoms in total. The lowest BCUT2D eigenvalue weighted by molar-refractivity contribution is 0.102. The zero-order chi connectivity index (χ0) is 18.6. The van der Waals surface area contributed by atoms with Crippen molar-refractivity contribution in [3.8, 4) is 17.2 Å². The zero-order valence-corrected chi connectivity index (χ0v) is 15.5. The van der Waals surface area contributed by atoms with E-state index in [2.05, 4.69) is 5.32 Å². The fourth-order valence-corrected chi connectivity index (χ4v) is 2.65. The Balaban J connectivity index is 2.30. The molecule has 25 heavy (non-hydrogen) atoms. The van der Waals surface area contributed by atoms with Crippen LogP contribution in [0.1, 0.15) is 15.9 Å². The van der Waals surface area contributed by atoms with Crippen molar-refractivity contribution >= 4 is 17.3 Å². The number of hydrogen-bond acceptors (Lipinski definition) is 5. The maximum Gasteiger partial charge on any atom is 0.255 e. The Hall–Kier alpha value is -2.89. The molecule has 1 amide bonds. The predicted molar refractivity (Wildman–Crippen MR) is 99.6 cm³/mol. The first kappa shape index (κ1) is 18.4. The number of aryl methyl sites for hydroxylation is 1. The van der Waals surface area contributed by atoms with Crippen molar-refractivity contribution in [3.05, 3.63) is 41.5 Å². The molecule has 0 aliphatic carbocycles. The molecule has 0 unspecified atom stereocenters. The summed E-state index contributed by atoms with van der Waals surface area (Å²) in [5.74, 6) is 1.24. The largest absolute Gasteiger partial charge is 0.493 e. The Morgan fingerprint density at radius 3 is 2.00 bits per heavy atom. The number of carbonyl (C=O) groups is 1. The third-order valence-electron chi connectivity index (χ3n) is 3.86. The molecule has 0 fully saturated rings. The van der Waals surface area contributed by atoms with Gasteiger partial charge in [-0.15, -0.1) is 0 Å². The summed E-state index contributed by atoms with van der Waals surface area (Å²) < 4.78 is 15.9. The van der Waals surface area contributed by atoms with E-state index >= 15 is 0 Å². The molecule has 0 spiro atoms. The van der Waals surface area contributed by atoms with Crippen LogP contribution in [-0.4, -0.2) is 41.3 Å². The van der Waals surface area contributed by atoms with Crippen LogP contribution < -0.4 is 24.4 Å². The van der Waals surface area contributed by atoms with E-state index in [1.54, 1.807) is 18.2 Å². The van der Waals surface area contributed by atoms with Gasteiger partial charge >= 0.3 is 0 Å². The van der Waals surface area contributed by atoms with Crippen LogP contribution in [0.5, 0.6) is 17.2 Å². The molecule has 134 valence electrons. The van der Waals surface area contributed by atoms with E-state index in [1.807, 2.05) is 38.1 Å². The molecule has 0 atom stereocenters. The smallest absolute Gasteiger partial charge is 0.255 e. The number of carbonyl (C=O) groups excluding carboxylic acids is 1. The van der Waals surface area contributed by atoms with Gasteiger partial charge in [-0.1, -0.05) is 0 Å². The Morgan fingerprint density at radius 1 is 0.960 bits per heavy atom. The lowest BCUT2D eigenvalue weighted by atomic mass is 10.1. The fraction of sp³-hybridized carbons (Fsp3) is 0.316. The maximum absolute atomic E-state index is 12.6. The first-order chi connectivity index (χ1) is 11.9. The van der Waals surface area contributed by atoms with Crippen LogP contribution in [0.15, 0.2) is 30.3 Å². The van der Waals surface area contributed by atoms with Crippen molar-refractivity contribution < 1.29 is 19.0 Å². The van der Waals surface area contributed by atoms with E-state index in [-0.39, 0.29) is 5.91 Å². The number of benzene rings is 2. The summed E-state index contributed by atoms with van der Waals surface area (Å²) in [5.41, 5.74) is 3.25. The van der Waals surface area contributed by atoms with Crippen LogP contribution in [0.25, 0.3) is 0 Å². The highest BCUT2D eigenvalue weighted by molar-refractivity contribution is 6.05. The Bertz CT molecular complexity index is 747. The summed E-state index contributed by atoms with van der Waals surface area (Å²) in [6.07, 6.45) is 0. The molecule has 0 saturated carbocycles. The molecular formula is C19H24N2O4. The number of amides is 1. The van der Waals surface area contributed by atoms with Crippen molar-refractivity contribution in [2.24, 2.45) is 0 Å². The van der Waals surface area contributed by atoms with Crippen molar-refractivity contribution in [1.82, 2.24) is 0 Å². The highest BCUT2D eigenvalue weighted by Crippen LogP contribution is 2.40. The molecular weight excluding hydrogens is 320 g/mol. The SMILES string of the molecule is COc1cc(NC(=O)c2ccc(N(C)C)c(C)c2)cc(OC)c1OC. The van der Waals surface area contributed by atoms with E-state index in [1.165, 1.54) is 21.3 Å². The third kappa shape index (κ3) is 3.96. The second-order valence-corrected chi connectivity index (χ2v) is 5.76. The second kappa shape index (κ2) is 7.79. The summed E-state index contributed by atoms with van der Waals surface area (Å²) in [7, 11) is 8.54. The number of hydrogen-bond donors (Lipinski definition) is 1. The molecule has 0 heterocycles. The van der Waals surface area contributed by atoms with Crippen LogP contribution in [0.2, 0.25) is 0 Å². The minimum Gasteiger partial charge on any atom is -0.493 e. The van der Waals surface area contributed by atoms with Crippen molar-refractivity contribution in [3.63, 3.8) is 0 Å². The number of rotatable bonds is 6. The first-order valence-electron chi connectivity index (χ1n) is 7.80. The first-order valence-corrected chi connectivity index (χ1v) is 7.80. The maximum atomic E-state index is 12.6. The molecule has 0 radical (unpaired) electrons. The molecule has 0 aromatic heterocycles. The van der Waals surface area contributed by atoms with Gasteiger partial charge in [0.05, 0.1) is 21.3 Å². The Morgan fingerprint density at radius 2 is 1.56 bits per heavy atom. The number of anilines is 2. The molecule has 0 aliphatic rings. The summed E-state index contributed by atoms with van der Waals surface area (Å²) in [6.45, 7) is 1.98. The summed E-state index contributed by atoms with van der Waals surface area (Å²) in [5, 5.41) is 2.87. The molecule has 2 rings (SSSR count). The van der Waals surface area contributed by atoms with Gasteiger partial charge in [0, 0.05) is 43.2 Å². The van der Waals surface area contributed by atoms with E-state index in [0.717, 1.165) is 11.3 Å². The van der Waals surface area contributed by atoms with Crippen LogP contribution in [-0.2, 0) is 0 Å². The van der Waals surface area contributed by atoms with Gasteiger partial charge in [-0.25, -0.2) is 0 Å². The number of methoxy groups -OCH3 is 3. The second-order valence-electron chi connectivity index (χ2n) is 5.76. The minimum absolute atomic E-state index is 0.206. The van der Waals surface area contributed by atoms with Gasteiger partial charge in [0.15, 0.2) is 11.5 Å². The number of ether oxygens (including phenoxy) is 3. The summed E-state index contributed by atoms with van der Waals surface area (Å²) in [4.78, 5) is 14.6. The van der Waals surface area contributed by atoms with Crippen molar-refractivity contribution in [1.29, 1.82) is 0 Å². The normalized spacial score (nSPS) is 10.2. The van der Waals surface area contributed by atoms with Crippen LogP contribution in [0.3, 0.4) is 0 Å². The average Bonchev–Trinajstić information content (AvgIpc) is 2.60. The van der Waals surface area contributed by atoms with E-state index in [4.69, 9.17) is 14.2 Å². The van der Waals surface area contributed by atoms with E-state index in [9.17, 15) is 4.79 Å². The zero-order valence-electron chi connectivity index (χ0n) is 15.5. The molecule has 0 aliphatic heterocycles. The molecule has 2 aromatic carbocycles. The Labute approximate surface area is 148 Å². The van der Waals surface area contributed by atoms with Gasteiger partial charge in [-0.05, 0) is 30.7 Å². The monoisotopic (exact) mass is 344 g/mol. The van der Waals surface area contributed by atoms with Gasteiger partial charge in [0.1, 0.15) is 0 Å². The van der Waals surface area contributed by atoms with E-state index < -0.39 is 0 Å². The van der Waals surface area contributed by atoms with Crippen molar-refractivity contribution in [2.45, 2.75) is 6.92 Å². The van der Waals surface area contributed by atoms with Gasteiger partial charge in [0.2, 0.25) is 5.75 Å². The molecule has 0 bridgehead atoms. The Kier molecular flexibility index (Phi) is 5.75. The summed E-state index contributed by atoms with van der Waals surface area (Å²) in [6, 6.07) is 8.98. The third-order valence-corrected chi connectivity index (χ3v) is 3.86. The standard InChI is InChI=1S/C19H24N2O4/c1-12-9-13(7-8-15(12)21(2)3)19(22)20-14-10-16(23-4)18(25-6)17(11-14)24-5/h7-11H,1-6H3,(H,20,22). The van der Waals surface area contributed by atoms with Crippen LogP contribution in [0.4, 0.5) is 11.4 Å². The van der Waals surface area contributed by atoms with Gasteiger partial charge in [-0.2, -0.15) is 0 Å².